The summed E-state index contributed by atoms with van der Waals surface area (Å²) in [5, 5.41) is 7.65. The van der Waals surface area contributed by atoms with E-state index in [-0.39, 0.29) is 6.04 Å². The van der Waals surface area contributed by atoms with Gasteiger partial charge in [-0.2, -0.15) is 5.10 Å². The predicted molar refractivity (Wildman–Crippen MR) is 150 cm³/mol. The van der Waals surface area contributed by atoms with Crippen LogP contribution in [0.4, 0.5) is 0 Å². The van der Waals surface area contributed by atoms with Gasteiger partial charge < -0.3 is 14.4 Å². The molecule has 0 bridgehead atoms. The highest BCUT2D eigenvalue weighted by Gasteiger charge is 2.40. The molecule has 2 atom stereocenters. The minimum Gasteiger partial charge on any atom is -0.494 e. The molecule has 0 saturated heterocycles. The Balaban J connectivity index is 1.57. The molecule has 36 heavy (non-hydrogen) atoms. The molecule has 0 radical (unpaired) electrons. The zero-order chi connectivity index (χ0) is 25.3. The van der Waals surface area contributed by atoms with Crippen molar-refractivity contribution in [3.63, 3.8) is 0 Å². The standard InChI is InChI=1S/C31H43N3O2/c1-5-21-35-27-15-11-24(12-16-27)23-26-9-7-10-29-30(26)32-34(20-8-19-33(3)4)31(29)25-13-17-28(18-14-25)36-22-6-2/h11-18,23,29,31H,5-10,19-22H2,1-4H3. The van der Waals surface area contributed by atoms with Crippen LogP contribution in [0.1, 0.15) is 69.5 Å². The number of ether oxygens (including phenoxy) is 2. The highest BCUT2D eigenvalue weighted by Crippen LogP contribution is 2.44. The molecule has 2 unspecified atom stereocenters. The maximum Gasteiger partial charge on any atom is 0.119 e. The van der Waals surface area contributed by atoms with Crippen LogP contribution >= 0.6 is 0 Å². The first kappa shape index (κ1) is 26.3. The van der Waals surface area contributed by atoms with E-state index in [1.54, 1.807) is 0 Å². The molecule has 5 heteroatoms. The normalized spacial score (nSPS) is 20.5. The summed E-state index contributed by atoms with van der Waals surface area (Å²) in [5.41, 5.74) is 5.23. The van der Waals surface area contributed by atoms with Gasteiger partial charge in [0.1, 0.15) is 11.5 Å². The van der Waals surface area contributed by atoms with E-state index in [2.05, 4.69) is 92.5 Å². The van der Waals surface area contributed by atoms with Gasteiger partial charge in [-0.25, -0.2) is 0 Å². The quantitative estimate of drug-likeness (QED) is 0.328. The Hall–Kier alpha value is -2.79. The van der Waals surface area contributed by atoms with Gasteiger partial charge in [-0.05, 0) is 106 Å². The van der Waals surface area contributed by atoms with E-state index in [9.17, 15) is 0 Å². The first-order valence-corrected chi connectivity index (χ1v) is 13.8. The monoisotopic (exact) mass is 489 g/mol. The summed E-state index contributed by atoms with van der Waals surface area (Å²) < 4.78 is 11.6. The fourth-order valence-corrected chi connectivity index (χ4v) is 5.22. The lowest BCUT2D eigenvalue weighted by Crippen LogP contribution is -2.29. The molecule has 2 aliphatic rings. The fraction of sp³-hybridized carbons (Fsp3) is 0.516. The second-order valence-corrected chi connectivity index (χ2v) is 10.3. The number of hydrazone groups is 1. The van der Waals surface area contributed by atoms with Crippen LogP contribution in [0.25, 0.3) is 6.08 Å². The van der Waals surface area contributed by atoms with Crippen LogP contribution in [0.2, 0.25) is 0 Å². The Morgan fingerprint density at radius 1 is 0.944 bits per heavy atom. The van der Waals surface area contributed by atoms with Crippen molar-refractivity contribution in [1.29, 1.82) is 0 Å². The number of nitrogens with zero attached hydrogens (tertiary/aromatic N) is 3. The molecule has 1 aliphatic heterocycles. The van der Waals surface area contributed by atoms with Crippen LogP contribution < -0.4 is 9.47 Å². The van der Waals surface area contributed by atoms with Gasteiger partial charge >= 0.3 is 0 Å². The van der Waals surface area contributed by atoms with Crippen molar-refractivity contribution in [3.05, 3.63) is 65.2 Å². The molecule has 1 heterocycles. The molecule has 0 amide bonds. The van der Waals surface area contributed by atoms with E-state index in [1.807, 2.05) is 0 Å². The Kier molecular flexibility index (Phi) is 9.46. The minimum atomic E-state index is 0.288. The smallest absolute Gasteiger partial charge is 0.119 e. The number of allylic oxidation sites excluding steroid dienone is 1. The fourth-order valence-electron chi connectivity index (χ4n) is 5.22. The Morgan fingerprint density at radius 2 is 1.58 bits per heavy atom. The van der Waals surface area contributed by atoms with E-state index in [0.29, 0.717) is 5.92 Å². The molecule has 1 saturated carbocycles. The first-order chi connectivity index (χ1) is 17.6. The zero-order valence-corrected chi connectivity index (χ0v) is 22.6. The molecule has 0 N–H and O–H groups in total. The second-order valence-electron chi connectivity index (χ2n) is 10.3. The molecule has 1 aliphatic carbocycles. The van der Waals surface area contributed by atoms with Crippen molar-refractivity contribution >= 4 is 11.8 Å². The van der Waals surface area contributed by atoms with Crippen LogP contribution in [0.5, 0.6) is 11.5 Å². The first-order valence-electron chi connectivity index (χ1n) is 13.8. The highest BCUT2D eigenvalue weighted by atomic mass is 16.5. The summed E-state index contributed by atoms with van der Waals surface area (Å²) in [7, 11) is 4.28. The highest BCUT2D eigenvalue weighted by molar-refractivity contribution is 6.07. The third-order valence-corrected chi connectivity index (χ3v) is 6.96. The topological polar surface area (TPSA) is 37.3 Å². The molecular formula is C31H43N3O2. The number of fused-ring (bicyclic) bond motifs is 1. The summed E-state index contributed by atoms with van der Waals surface area (Å²) >= 11 is 0. The maximum absolute atomic E-state index is 5.85. The average molecular weight is 490 g/mol. The van der Waals surface area contributed by atoms with Crippen LogP contribution in [0.15, 0.2) is 59.2 Å². The van der Waals surface area contributed by atoms with Crippen LogP contribution in [-0.2, 0) is 0 Å². The third-order valence-electron chi connectivity index (χ3n) is 6.96. The number of rotatable bonds is 12. The van der Waals surface area contributed by atoms with Crippen molar-refractivity contribution in [2.24, 2.45) is 11.0 Å². The van der Waals surface area contributed by atoms with E-state index in [1.165, 1.54) is 35.3 Å². The van der Waals surface area contributed by atoms with Crippen LogP contribution in [0.3, 0.4) is 0 Å². The van der Waals surface area contributed by atoms with Gasteiger partial charge in [-0.1, -0.05) is 38.1 Å². The Morgan fingerprint density at radius 3 is 2.19 bits per heavy atom. The van der Waals surface area contributed by atoms with E-state index < -0.39 is 0 Å². The molecule has 0 aromatic heterocycles. The van der Waals surface area contributed by atoms with Crippen molar-refractivity contribution in [2.45, 2.75) is 58.4 Å². The van der Waals surface area contributed by atoms with E-state index in [4.69, 9.17) is 14.6 Å². The van der Waals surface area contributed by atoms with Gasteiger partial charge in [-0.15, -0.1) is 0 Å². The molecule has 194 valence electrons. The summed E-state index contributed by atoms with van der Waals surface area (Å²) in [4.78, 5) is 2.25. The van der Waals surface area contributed by atoms with Crippen molar-refractivity contribution in [2.75, 3.05) is 40.4 Å². The van der Waals surface area contributed by atoms with Gasteiger partial charge in [-0.3, -0.25) is 5.01 Å². The van der Waals surface area contributed by atoms with E-state index in [0.717, 1.165) is 63.5 Å². The predicted octanol–water partition coefficient (Wildman–Crippen LogP) is 6.81. The number of hydrogen-bond acceptors (Lipinski definition) is 5. The van der Waals surface area contributed by atoms with Crippen molar-refractivity contribution in [3.8, 4) is 11.5 Å². The Bertz CT molecular complexity index is 1010. The molecule has 1 fully saturated rings. The van der Waals surface area contributed by atoms with Crippen LogP contribution in [-0.4, -0.2) is 56.0 Å². The SMILES string of the molecule is CCCOc1ccc(C=C2CCCC3C2=NN(CCCN(C)C)C3c2ccc(OCCC)cc2)cc1. The zero-order valence-electron chi connectivity index (χ0n) is 22.6. The third kappa shape index (κ3) is 6.70. The van der Waals surface area contributed by atoms with Gasteiger partial charge in [0.25, 0.3) is 0 Å². The van der Waals surface area contributed by atoms with Gasteiger partial charge in [0.2, 0.25) is 0 Å². The van der Waals surface area contributed by atoms with Crippen molar-refractivity contribution in [1.82, 2.24) is 9.91 Å². The lowest BCUT2D eigenvalue weighted by Gasteiger charge is -2.31. The summed E-state index contributed by atoms with van der Waals surface area (Å²) in [5.74, 6) is 2.32. The minimum absolute atomic E-state index is 0.288. The lowest BCUT2D eigenvalue weighted by molar-refractivity contribution is 0.187. The van der Waals surface area contributed by atoms with Crippen LogP contribution in [0, 0.1) is 5.92 Å². The molecular weight excluding hydrogens is 446 g/mol. The van der Waals surface area contributed by atoms with Gasteiger partial charge in [0.15, 0.2) is 0 Å². The molecule has 5 nitrogen and oxygen atoms in total. The molecule has 4 rings (SSSR count). The van der Waals surface area contributed by atoms with Crippen molar-refractivity contribution < 1.29 is 9.47 Å². The second kappa shape index (κ2) is 13.0. The molecule has 2 aromatic rings. The largest absolute Gasteiger partial charge is 0.494 e. The molecule has 2 aromatic carbocycles. The molecule has 0 spiro atoms. The van der Waals surface area contributed by atoms with E-state index >= 15 is 0 Å². The Labute approximate surface area is 217 Å². The summed E-state index contributed by atoms with van der Waals surface area (Å²) in [6, 6.07) is 17.5. The number of hydrogen-bond donors (Lipinski definition) is 0. The lowest BCUT2D eigenvalue weighted by atomic mass is 9.77. The van der Waals surface area contributed by atoms with Gasteiger partial charge in [0, 0.05) is 12.5 Å². The summed E-state index contributed by atoms with van der Waals surface area (Å²) in [6.07, 6.45) is 8.96. The van der Waals surface area contributed by atoms with Gasteiger partial charge in [0.05, 0.1) is 25.0 Å². The maximum atomic E-state index is 5.85. The number of benzene rings is 2. The summed E-state index contributed by atoms with van der Waals surface area (Å²) in [6.45, 7) is 7.82. The average Bonchev–Trinajstić information content (AvgIpc) is 3.26.